The molecule has 2 spiro atoms. The molecule has 0 aromatic heterocycles. The second kappa shape index (κ2) is 3.66. The number of rotatable bonds is 1. The highest BCUT2D eigenvalue weighted by Crippen LogP contribution is 2.91. The fraction of sp³-hybridized carbons (Fsp3) is 0.850. The third kappa shape index (κ3) is 1.15. The van der Waals surface area contributed by atoms with Crippen molar-refractivity contribution in [1.82, 2.24) is 0 Å². The maximum Gasteiger partial charge on any atom is 0.00946 e. The van der Waals surface area contributed by atoms with Crippen LogP contribution in [-0.2, 0) is 0 Å². The molecule has 5 aliphatic rings. The molecule has 1 heteroatoms. The molecule has 6 atom stereocenters. The molecular formula is C20H29N. The van der Waals surface area contributed by atoms with Crippen LogP contribution in [0.1, 0.15) is 71.6 Å². The molecule has 1 nitrogen and oxygen atoms in total. The summed E-state index contributed by atoms with van der Waals surface area (Å²) in [4.78, 5) is 0. The molecule has 0 bridgehead atoms. The van der Waals surface area contributed by atoms with Crippen LogP contribution in [0.3, 0.4) is 0 Å². The van der Waals surface area contributed by atoms with E-state index in [4.69, 9.17) is 5.41 Å². The van der Waals surface area contributed by atoms with Crippen LogP contribution in [0, 0.1) is 39.4 Å². The second-order valence-electron chi connectivity index (χ2n) is 9.10. The molecule has 0 heterocycles. The highest BCUT2D eigenvalue weighted by Gasteiger charge is 2.84. The van der Waals surface area contributed by atoms with Gasteiger partial charge in [-0.15, -0.1) is 0 Å². The summed E-state index contributed by atoms with van der Waals surface area (Å²) < 4.78 is 0. The fourth-order valence-corrected chi connectivity index (χ4v) is 8.54. The zero-order chi connectivity index (χ0) is 14.5. The highest BCUT2D eigenvalue weighted by atomic mass is 14.9. The number of hydrogen-bond donors (Lipinski definition) is 1. The van der Waals surface area contributed by atoms with Crippen molar-refractivity contribution in [3.05, 3.63) is 11.6 Å². The summed E-state index contributed by atoms with van der Waals surface area (Å²) in [7, 11) is 0. The van der Waals surface area contributed by atoms with Gasteiger partial charge in [0.15, 0.2) is 0 Å². The number of allylic oxidation sites excluding steroid dienone is 2. The molecule has 6 unspecified atom stereocenters. The van der Waals surface area contributed by atoms with Crippen LogP contribution in [-0.4, -0.2) is 5.71 Å². The molecular weight excluding hydrogens is 254 g/mol. The number of fused-ring (bicyclic) bond motifs is 1. The molecule has 21 heavy (non-hydrogen) atoms. The summed E-state index contributed by atoms with van der Waals surface area (Å²) in [5, 5.41) is 8.27. The topological polar surface area (TPSA) is 23.9 Å². The van der Waals surface area contributed by atoms with Gasteiger partial charge < -0.3 is 5.41 Å². The largest absolute Gasteiger partial charge is 0.310 e. The van der Waals surface area contributed by atoms with E-state index in [2.05, 4.69) is 19.9 Å². The maximum atomic E-state index is 8.27. The van der Waals surface area contributed by atoms with E-state index in [9.17, 15) is 0 Å². The predicted molar refractivity (Wildman–Crippen MR) is 86.5 cm³/mol. The Morgan fingerprint density at radius 2 is 2.00 bits per heavy atom. The minimum Gasteiger partial charge on any atom is -0.310 e. The first-order valence-corrected chi connectivity index (χ1v) is 9.32. The van der Waals surface area contributed by atoms with Crippen LogP contribution >= 0.6 is 0 Å². The van der Waals surface area contributed by atoms with Crippen LogP contribution in [0.2, 0.25) is 0 Å². The second-order valence-corrected chi connectivity index (χ2v) is 9.10. The van der Waals surface area contributed by atoms with Crippen molar-refractivity contribution in [1.29, 1.82) is 5.41 Å². The normalized spacial score (nSPS) is 56.9. The molecule has 1 N–H and O–H groups in total. The van der Waals surface area contributed by atoms with Crippen molar-refractivity contribution in [2.24, 2.45) is 34.0 Å². The van der Waals surface area contributed by atoms with Gasteiger partial charge in [-0.3, -0.25) is 0 Å². The minimum absolute atomic E-state index is 0.457. The first-order valence-electron chi connectivity index (χ1n) is 9.32. The summed E-state index contributed by atoms with van der Waals surface area (Å²) in [5.74, 6) is 2.55. The van der Waals surface area contributed by atoms with Gasteiger partial charge in [0.05, 0.1) is 0 Å². The Morgan fingerprint density at radius 1 is 1.14 bits per heavy atom. The Hall–Kier alpha value is -0.590. The van der Waals surface area contributed by atoms with Crippen LogP contribution in [0.15, 0.2) is 11.6 Å². The van der Waals surface area contributed by atoms with E-state index in [-0.39, 0.29) is 0 Å². The quantitative estimate of drug-likeness (QED) is 0.495. The zero-order valence-corrected chi connectivity index (χ0v) is 13.7. The van der Waals surface area contributed by atoms with Crippen molar-refractivity contribution in [2.75, 3.05) is 0 Å². The van der Waals surface area contributed by atoms with Gasteiger partial charge >= 0.3 is 0 Å². The molecule has 0 radical (unpaired) electrons. The lowest BCUT2D eigenvalue weighted by Gasteiger charge is -2.45. The first-order chi connectivity index (χ1) is 10.1. The fourth-order valence-electron chi connectivity index (χ4n) is 8.54. The number of hydrogen-bond acceptors (Lipinski definition) is 1. The van der Waals surface area contributed by atoms with Crippen LogP contribution in [0.4, 0.5) is 0 Å². The van der Waals surface area contributed by atoms with Crippen molar-refractivity contribution >= 4 is 5.71 Å². The van der Waals surface area contributed by atoms with Crippen LogP contribution < -0.4 is 0 Å². The van der Waals surface area contributed by atoms with E-state index >= 15 is 0 Å². The van der Waals surface area contributed by atoms with Crippen LogP contribution in [0.25, 0.3) is 0 Å². The standard InChI is InChI=1S/C20H29N/c1-13(21)15-6-7-16-18(15,2)11-9-17-19-10-4-3-5-14(19)8-12-20(16,17)19/h5,15-17,21H,3-4,6-12H2,1-2H3. The Labute approximate surface area is 129 Å². The molecule has 114 valence electrons. The smallest absolute Gasteiger partial charge is 0.00946 e. The van der Waals surface area contributed by atoms with E-state index in [1.165, 1.54) is 57.8 Å². The molecule has 4 fully saturated rings. The van der Waals surface area contributed by atoms with E-state index in [0.29, 0.717) is 22.2 Å². The average Bonchev–Trinajstić information content (AvgIpc) is 2.75. The molecule has 4 saturated carbocycles. The summed E-state index contributed by atoms with van der Waals surface area (Å²) >= 11 is 0. The van der Waals surface area contributed by atoms with Gasteiger partial charge in [0, 0.05) is 17.0 Å². The lowest BCUT2D eigenvalue weighted by Crippen LogP contribution is -2.40. The van der Waals surface area contributed by atoms with E-state index in [0.717, 1.165) is 17.5 Å². The summed E-state index contributed by atoms with van der Waals surface area (Å²) in [6.07, 6.45) is 15.4. The molecule has 5 rings (SSSR count). The maximum absolute atomic E-state index is 8.27. The Kier molecular flexibility index (Phi) is 2.25. The van der Waals surface area contributed by atoms with Crippen molar-refractivity contribution in [2.45, 2.75) is 71.6 Å². The lowest BCUT2D eigenvalue weighted by molar-refractivity contribution is 0.0523. The monoisotopic (exact) mass is 283 g/mol. The lowest BCUT2D eigenvalue weighted by atomic mass is 9.59. The van der Waals surface area contributed by atoms with Gasteiger partial charge in [-0.25, -0.2) is 0 Å². The van der Waals surface area contributed by atoms with Crippen LogP contribution in [0.5, 0.6) is 0 Å². The minimum atomic E-state index is 0.457. The van der Waals surface area contributed by atoms with E-state index in [1.54, 1.807) is 0 Å². The van der Waals surface area contributed by atoms with Crippen molar-refractivity contribution in [3.8, 4) is 0 Å². The molecule has 0 saturated heterocycles. The van der Waals surface area contributed by atoms with E-state index in [1.807, 2.05) is 5.57 Å². The third-order valence-electron chi connectivity index (χ3n) is 8.96. The van der Waals surface area contributed by atoms with Crippen molar-refractivity contribution < 1.29 is 0 Å². The highest BCUT2D eigenvalue weighted by molar-refractivity contribution is 5.82. The van der Waals surface area contributed by atoms with Gasteiger partial charge in [0.25, 0.3) is 0 Å². The molecule has 0 amide bonds. The van der Waals surface area contributed by atoms with Gasteiger partial charge in [0.1, 0.15) is 0 Å². The zero-order valence-electron chi connectivity index (χ0n) is 13.7. The number of nitrogens with one attached hydrogen (secondary N) is 1. The summed E-state index contributed by atoms with van der Waals surface area (Å²) in [6, 6.07) is 0. The van der Waals surface area contributed by atoms with Gasteiger partial charge in [-0.2, -0.15) is 0 Å². The Morgan fingerprint density at radius 3 is 2.81 bits per heavy atom. The van der Waals surface area contributed by atoms with Gasteiger partial charge in [-0.05, 0) is 87.4 Å². The average molecular weight is 283 g/mol. The molecule has 0 aromatic carbocycles. The third-order valence-corrected chi connectivity index (χ3v) is 8.96. The molecule has 5 aliphatic carbocycles. The Balaban J connectivity index is 1.61. The first kappa shape index (κ1) is 12.9. The van der Waals surface area contributed by atoms with Crippen molar-refractivity contribution in [3.63, 3.8) is 0 Å². The molecule has 0 aliphatic heterocycles. The van der Waals surface area contributed by atoms with E-state index < -0.39 is 0 Å². The van der Waals surface area contributed by atoms with Gasteiger partial charge in [0.2, 0.25) is 0 Å². The summed E-state index contributed by atoms with van der Waals surface area (Å²) in [5.41, 5.74) is 4.67. The van der Waals surface area contributed by atoms with Gasteiger partial charge in [-0.1, -0.05) is 18.6 Å². The Bertz CT molecular complexity index is 560. The molecule has 0 aromatic rings. The SMILES string of the molecule is CC(=N)C1CCC2C1(C)CCC1C34CCCC=C3CCC214. The summed E-state index contributed by atoms with van der Waals surface area (Å²) in [6.45, 7) is 4.64. The predicted octanol–water partition coefficient (Wildman–Crippen LogP) is 5.36.